The van der Waals surface area contributed by atoms with Gasteiger partial charge in [0.15, 0.2) is 0 Å². The van der Waals surface area contributed by atoms with E-state index in [-0.39, 0.29) is 28.0 Å². The van der Waals surface area contributed by atoms with Crippen LogP contribution in [0.4, 0.5) is 5.69 Å². The standard InChI is InChI=1S/C26H17NO5/c1-14-10-12-15(13-11-14)27-21-16-6-2-3-7-17(16)22(28)23(29)20(21)25(31)24(30)18-8-4-5-9-19(18)26(25,27)32/h2-13,31-32H,1H3. The number of anilines is 1. The van der Waals surface area contributed by atoms with Crippen LogP contribution in [0.5, 0.6) is 0 Å². The third-order valence-corrected chi connectivity index (χ3v) is 6.68. The number of aliphatic hydroxyl groups is 2. The topological polar surface area (TPSA) is 94.9 Å². The van der Waals surface area contributed by atoms with Gasteiger partial charge in [-0.15, -0.1) is 0 Å². The van der Waals surface area contributed by atoms with E-state index in [0.717, 1.165) is 5.56 Å². The molecule has 0 fully saturated rings. The minimum absolute atomic E-state index is 0.111. The van der Waals surface area contributed by atoms with Gasteiger partial charge in [-0.3, -0.25) is 14.4 Å². The Labute approximate surface area is 183 Å². The molecule has 0 amide bonds. The Kier molecular flexibility index (Phi) is 3.47. The second-order valence-corrected chi connectivity index (χ2v) is 8.36. The number of ketones is 3. The number of nitrogens with zero attached hydrogens (tertiary/aromatic N) is 1. The van der Waals surface area contributed by atoms with E-state index >= 15 is 0 Å². The van der Waals surface area contributed by atoms with Gasteiger partial charge >= 0.3 is 0 Å². The molecule has 1 heterocycles. The molecule has 0 spiro atoms. The van der Waals surface area contributed by atoms with Crippen LogP contribution in [0.15, 0.2) is 78.4 Å². The fourth-order valence-electron chi connectivity index (χ4n) is 5.21. The van der Waals surface area contributed by atoms with Crippen LogP contribution in [0, 0.1) is 6.92 Å². The number of Topliss-reactive ketones (excluding diaryl/α,β-unsaturated/α-hetero) is 3. The van der Waals surface area contributed by atoms with Gasteiger partial charge in [0, 0.05) is 27.9 Å². The predicted molar refractivity (Wildman–Crippen MR) is 116 cm³/mol. The molecular formula is C26H17NO5. The Bertz CT molecular complexity index is 1420. The number of rotatable bonds is 1. The molecule has 2 atom stereocenters. The highest BCUT2D eigenvalue weighted by Gasteiger charge is 2.74. The van der Waals surface area contributed by atoms with E-state index in [2.05, 4.69) is 0 Å². The van der Waals surface area contributed by atoms with Crippen LogP contribution in [0.25, 0.3) is 5.70 Å². The lowest BCUT2D eigenvalue weighted by molar-refractivity contribution is -0.119. The maximum atomic E-state index is 13.5. The Morgan fingerprint density at radius 3 is 2.00 bits per heavy atom. The molecule has 0 saturated carbocycles. The summed E-state index contributed by atoms with van der Waals surface area (Å²) in [4.78, 5) is 41.2. The van der Waals surface area contributed by atoms with Crippen molar-refractivity contribution in [2.45, 2.75) is 18.2 Å². The summed E-state index contributed by atoms with van der Waals surface area (Å²) in [7, 11) is 0. The smallest absolute Gasteiger partial charge is 0.235 e. The average molecular weight is 423 g/mol. The first-order valence-electron chi connectivity index (χ1n) is 10.2. The van der Waals surface area contributed by atoms with Gasteiger partial charge in [-0.2, -0.15) is 0 Å². The zero-order valence-electron chi connectivity index (χ0n) is 17.0. The van der Waals surface area contributed by atoms with Crippen molar-refractivity contribution in [3.63, 3.8) is 0 Å². The van der Waals surface area contributed by atoms with Crippen molar-refractivity contribution in [2.75, 3.05) is 4.90 Å². The maximum absolute atomic E-state index is 13.5. The number of carbonyl (C=O) groups is 3. The Morgan fingerprint density at radius 1 is 0.719 bits per heavy atom. The zero-order chi connectivity index (χ0) is 22.4. The summed E-state index contributed by atoms with van der Waals surface area (Å²) in [6.45, 7) is 1.91. The summed E-state index contributed by atoms with van der Waals surface area (Å²) < 4.78 is 0. The number of carbonyl (C=O) groups excluding carboxylic acids is 3. The van der Waals surface area contributed by atoms with Crippen LogP contribution in [0.3, 0.4) is 0 Å². The number of aryl methyl sites for hydroxylation is 1. The summed E-state index contributed by atoms with van der Waals surface area (Å²) in [6.07, 6.45) is 0. The lowest BCUT2D eigenvalue weighted by Crippen LogP contribution is -2.58. The van der Waals surface area contributed by atoms with E-state index in [1.54, 1.807) is 48.5 Å². The first kappa shape index (κ1) is 18.9. The maximum Gasteiger partial charge on any atom is 0.235 e. The van der Waals surface area contributed by atoms with E-state index in [0.29, 0.717) is 11.3 Å². The van der Waals surface area contributed by atoms with Crippen LogP contribution in [-0.4, -0.2) is 33.2 Å². The monoisotopic (exact) mass is 423 g/mol. The van der Waals surface area contributed by atoms with Crippen molar-refractivity contribution in [2.24, 2.45) is 0 Å². The molecule has 3 aromatic rings. The lowest BCUT2D eigenvalue weighted by Gasteiger charge is -2.40. The molecule has 3 aliphatic rings. The summed E-state index contributed by atoms with van der Waals surface area (Å²) in [5, 5.41) is 24.1. The first-order chi connectivity index (χ1) is 15.3. The van der Waals surface area contributed by atoms with Gasteiger partial charge in [0.05, 0.1) is 11.3 Å². The third kappa shape index (κ3) is 1.90. The number of hydrogen-bond donors (Lipinski definition) is 2. The Balaban J connectivity index is 1.77. The van der Waals surface area contributed by atoms with Gasteiger partial charge in [0.25, 0.3) is 0 Å². The highest BCUT2D eigenvalue weighted by atomic mass is 16.4. The molecule has 6 nitrogen and oxygen atoms in total. The molecule has 0 saturated heterocycles. The van der Waals surface area contributed by atoms with Crippen LogP contribution >= 0.6 is 0 Å². The van der Waals surface area contributed by atoms with Crippen molar-refractivity contribution in [1.29, 1.82) is 0 Å². The minimum atomic E-state index is -2.63. The molecule has 0 bridgehead atoms. The van der Waals surface area contributed by atoms with E-state index in [1.165, 1.54) is 17.0 Å². The van der Waals surface area contributed by atoms with Crippen LogP contribution < -0.4 is 4.90 Å². The van der Waals surface area contributed by atoms with Crippen LogP contribution in [0.2, 0.25) is 0 Å². The lowest BCUT2D eigenvalue weighted by atomic mass is 9.78. The number of benzene rings is 3. The predicted octanol–water partition coefficient (Wildman–Crippen LogP) is 2.76. The van der Waals surface area contributed by atoms with Crippen molar-refractivity contribution >= 4 is 28.7 Å². The van der Waals surface area contributed by atoms with Crippen molar-refractivity contribution in [1.82, 2.24) is 0 Å². The SMILES string of the molecule is Cc1ccc(N2C3=C(C(=O)C(=O)c4ccccc43)C3(O)C(=O)c4ccccc4C23O)cc1. The number of hydrogen-bond acceptors (Lipinski definition) is 6. The normalized spacial score (nSPS) is 25.6. The van der Waals surface area contributed by atoms with Crippen molar-refractivity contribution in [3.8, 4) is 0 Å². The first-order valence-corrected chi connectivity index (χ1v) is 10.2. The fraction of sp³-hybridized carbons (Fsp3) is 0.115. The van der Waals surface area contributed by atoms with E-state index < -0.39 is 28.7 Å². The van der Waals surface area contributed by atoms with Gasteiger partial charge in [0.2, 0.25) is 28.7 Å². The van der Waals surface area contributed by atoms with Gasteiger partial charge in [-0.25, -0.2) is 0 Å². The molecule has 0 radical (unpaired) electrons. The highest BCUT2D eigenvalue weighted by molar-refractivity contribution is 6.54. The van der Waals surface area contributed by atoms with E-state index in [9.17, 15) is 24.6 Å². The molecule has 2 N–H and O–H groups in total. The Morgan fingerprint density at radius 2 is 1.31 bits per heavy atom. The summed E-state index contributed by atoms with van der Waals surface area (Å²) in [5.74, 6) is -2.61. The van der Waals surface area contributed by atoms with Gasteiger partial charge in [0.1, 0.15) is 0 Å². The molecule has 156 valence electrons. The number of fused-ring (bicyclic) bond motifs is 6. The molecule has 2 aliphatic carbocycles. The highest BCUT2D eigenvalue weighted by Crippen LogP contribution is 2.61. The van der Waals surface area contributed by atoms with E-state index in [1.807, 2.05) is 19.1 Å². The van der Waals surface area contributed by atoms with Crippen LogP contribution in [0.1, 0.15) is 37.4 Å². The average Bonchev–Trinajstić information content (AvgIpc) is 3.13. The van der Waals surface area contributed by atoms with Crippen molar-refractivity contribution < 1.29 is 24.6 Å². The fourth-order valence-corrected chi connectivity index (χ4v) is 5.21. The molecule has 0 aromatic heterocycles. The zero-order valence-corrected chi connectivity index (χ0v) is 17.0. The van der Waals surface area contributed by atoms with Gasteiger partial charge in [-0.1, -0.05) is 66.2 Å². The largest absolute Gasteiger partial charge is 0.372 e. The van der Waals surface area contributed by atoms with Gasteiger partial charge < -0.3 is 15.1 Å². The van der Waals surface area contributed by atoms with E-state index in [4.69, 9.17) is 0 Å². The second kappa shape index (κ2) is 5.88. The molecule has 2 unspecified atom stereocenters. The molecule has 3 aromatic carbocycles. The molecule has 6 heteroatoms. The van der Waals surface area contributed by atoms with Gasteiger partial charge in [-0.05, 0) is 19.1 Å². The molecular weight excluding hydrogens is 406 g/mol. The van der Waals surface area contributed by atoms with Crippen LogP contribution in [-0.2, 0) is 10.5 Å². The summed E-state index contributed by atoms with van der Waals surface area (Å²) in [6, 6.07) is 20.0. The molecule has 1 aliphatic heterocycles. The quantitative estimate of drug-likeness (QED) is 0.585. The molecule has 32 heavy (non-hydrogen) atoms. The Hall–Kier alpha value is -3.87. The third-order valence-electron chi connectivity index (χ3n) is 6.68. The summed E-state index contributed by atoms with van der Waals surface area (Å²) in [5.41, 5.74) is -2.85. The molecule has 6 rings (SSSR count). The summed E-state index contributed by atoms with van der Waals surface area (Å²) >= 11 is 0. The second-order valence-electron chi connectivity index (χ2n) is 8.36. The minimum Gasteiger partial charge on any atom is -0.372 e. The van der Waals surface area contributed by atoms with Crippen molar-refractivity contribution in [3.05, 3.63) is 106 Å².